The normalized spacial score (nSPS) is 18.1. The fourth-order valence-electron chi connectivity index (χ4n) is 4.30. The van der Waals surface area contributed by atoms with Gasteiger partial charge in [0.25, 0.3) is 0 Å². The number of anilines is 3. The van der Waals surface area contributed by atoms with Gasteiger partial charge in [-0.25, -0.2) is 4.39 Å². The third-order valence-corrected chi connectivity index (χ3v) is 6.32. The highest BCUT2D eigenvalue weighted by Crippen LogP contribution is 2.27. The van der Waals surface area contributed by atoms with Gasteiger partial charge < -0.3 is 20.0 Å². The summed E-state index contributed by atoms with van der Waals surface area (Å²) >= 11 is 0. The average Bonchev–Trinajstić information content (AvgIpc) is 2.80. The number of nitrogens with one attached hydrogen (secondary N) is 1. The molecule has 0 unspecified atom stereocenters. The van der Waals surface area contributed by atoms with Crippen LogP contribution in [0.5, 0.6) is 0 Å². The molecule has 2 saturated heterocycles. The quantitative estimate of drug-likeness (QED) is 0.747. The Kier molecular flexibility index (Phi) is 6.51. The van der Waals surface area contributed by atoms with Crippen LogP contribution < -0.4 is 15.1 Å². The molecule has 2 aromatic rings. The first-order valence-electron chi connectivity index (χ1n) is 10.9. The van der Waals surface area contributed by atoms with Crippen molar-refractivity contribution < 1.29 is 14.0 Å². The second-order valence-corrected chi connectivity index (χ2v) is 8.42. The lowest BCUT2D eigenvalue weighted by atomic mass is 9.95. The number of piperazine rings is 1. The lowest BCUT2D eigenvalue weighted by molar-refractivity contribution is -0.120. The Labute approximate surface area is 182 Å². The summed E-state index contributed by atoms with van der Waals surface area (Å²) in [6, 6.07) is 12.5. The zero-order valence-corrected chi connectivity index (χ0v) is 17.9. The average molecular weight is 425 g/mol. The van der Waals surface area contributed by atoms with Crippen LogP contribution >= 0.6 is 0 Å². The first kappa shape index (κ1) is 21.3. The summed E-state index contributed by atoms with van der Waals surface area (Å²) in [5, 5.41) is 2.90. The number of carbonyl (C=O) groups is 2. The molecule has 4 rings (SSSR count). The van der Waals surface area contributed by atoms with Crippen molar-refractivity contribution in [2.75, 3.05) is 61.4 Å². The molecule has 0 radical (unpaired) electrons. The van der Waals surface area contributed by atoms with E-state index in [0.29, 0.717) is 16.9 Å². The van der Waals surface area contributed by atoms with Gasteiger partial charge in [-0.1, -0.05) is 0 Å². The van der Waals surface area contributed by atoms with E-state index in [9.17, 15) is 14.0 Å². The van der Waals surface area contributed by atoms with Crippen LogP contribution in [0.25, 0.3) is 0 Å². The van der Waals surface area contributed by atoms with E-state index in [1.165, 1.54) is 6.07 Å². The van der Waals surface area contributed by atoms with Gasteiger partial charge in [-0.15, -0.1) is 0 Å². The minimum Gasteiger partial charge on any atom is -0.371 e. The number of piperidine rings is 1. The molecule has 0 atom stereocenters. The number of carbonyl (C=O) groups excluding carboxylic acids is 2. The molecule has 0 bridgehead atoms. The van der Waals surface area contributed by atoms with E-state index >= 15 is 0 Å². The summed E-state index contributed by atoms with van der Waals surface area (Å²) in [7, 11) is 2.07. The van der Waals surface area contributed by atoms with Crippen LogP contribution in [0.1, 0.15) is 23.2 Å². The molecule has 0 saturated carbocycles. The number of hydrogen-bond acceptors (Lipinski definition) is 5. The number of halogens is 1. The lowest BCUT2D eigenvalue weighted by Gasteiger charge is -2.34. The van der Waals surface area contributed by atoms with Crippen LogP contribution in [0.15, 0.2) is 42.5 Å². The molecular formula is C24H29FN4O2. The molecule has 2 aliphatic rings. The molecule has 0 aliphatic carbocycles. The van der Waals surface area contributed by atoms with Crippen molar-refractivity contribution in [1.29, 1.82) is 0 Å². The second-order valence-electron chi connectivity index (χ2n) is 8.42. The van der Waals surface area contributed by atoms with E-state index in [1.54, 1.807) is 12.1 Å². The van der Waals surface area contributed by atoms with Crippen LogP contribution in [0.4, 0.5) is 21.5 Å². The van der Waals surface area contributed by atoms with Gasteiger partial charge >= 0.3 is 0 Å². The monoisotopic (exact) mass is 424 g/mol. The van der Waals surface area contributed by atoms with Crippen LogP contribution in [0.2, 0.25) is 0 Å². The Morgan fingerprint density at radius 1 is 0.968 bits per heavy atom. The number of nitrogens with zero attached hydrogens (tertiary/aromatic N) is 3. The van der Waals surface area contributed by atoms with Gasteiger partial charge in [0.1, 0.15) is 12.1 Å². The number of benzene rings is 2. The van der Waals surface area contributed by atoms with Crippen molar-refractivity contribution >= 4 is 29.3 Å². The van der Waals surface area contributed by atoms with Gasteiger partial charge in [-0.2, -0.15) is 0 Å². The van der Waals surface area contributed by atoms with E-state index in [0.717, 1.165) is 64.1 Å². The zero-order valence-electron chi connectivity index (χ0n) is 17.9. The van der Waals surface area contributed by atoms with Crippen molar-refractivity contribution in [2.45, 2.75) is 12.8 Å². The minimum absolute atomic E-state index is 0.0531. The largest absolute Gasteiger partial charge is 0.371 e. The summed E-state index contributed by atoms with van der Waals surface area (Å²) in [5.41, 5.74) is 2.82. The number of likely N-dealkylation sites (N-methyl/N-ethyl adjacent to an activating group) is 1. The first-order valence-corrected chi connectivity index (χ1v) is 10.9. The van der Waals surface area contributed by atoms with Crippen molar-refractivity contribution in [3.8, 4) is 0 Å². The predicted octanol–water partition coefficient (Wildman–Crippen LogP) is 3.25. The van der Waals surface area contributed by atoms with E-state index in [2.05, 4.69) is 27.1 Å². The summed E-state index contributed by atoms with van der Waals surface area (Å²) in [6.07, 6.45) is 2.31. The molecule has 0 aromatic heterocycles. The van der Waals surface area contributed by atoms with Crippen molar-refractivity contribution in [1.82, 2.24) is 4.90 Å². The van der Waals surface area contributed by atoms with Crippen LogP contribution in [0, 0.1) is 11.7 Å². The summed E-state index contributed by atoms with van der Waals surface area (Å²) < 4.78 is 14.7. The molecular weight excluding hydrogens is 395 g/mol. The highest BCUT2D eigenvalue weighted by atomic mass is 19.1. The Bertz CT molecular complexity index is 918. The Morgan fingerprint density at radius 3 is 2.26 bits per heavy atom. The van der Waals surface area contributed by atoms with Crippen molar-refractivity contribution in [3.05, 3.63) is 53.8 Å². The summed E-state index contributed by atoms with van der Waals surface area (Å²) in [6.45, 7) is 4.98. The molecule has 2 aliphatic heterocycles. The van der Waals surface area contributed by atoms with Gasteiger partial charge in [0.05, 0.1) is 5.69 Å². The molecule has 0 spiro atoms. The SMILES string of the molecule is CN1CCN(c2ccc(NC(=O)C3CCN(c4ccc(C=O)cc4)CC3)cc2F)CC1. The highest BCUT2D eigenvalue weighted by Gasteiger charge is 2.25. The Hall–Kier alpha value is -2.93. The molecule has 6 nitrogen and oxygen atoms in total. The van der Waals surface area contributed by atoms with Gasteiger partial charge in [-0.05, 0) is 62.4 Å². The predicted molar refractivity (Wildman–Crippen MR) is 122 cm³/mol. The van der Waals surface area contributed by atoms with Gasteiger partial charge in [0.2, 0.25) is 5.91 Å². The molecule has 2 heterocycles. The van der Waals surface area contributed by atoms with Gasteiger partial charge in [0.15, 0.2) is 0 Å². The second kappa shape index (κ2) is 9.47. The van der Waals surface area contributed by atoms with Crippen molar-refractivity contribution in [3.63, 3.8) is 0 Å². The summed E-state index contributed by atoms with van der Waals surface area (Å²) in [5.74, 6) is -0.440. The van der Waals surface area contributed by atoms with Gasteiger partial charge in [0, 0.05) is 62.1 Å². The molecule has 31 heavy (non-hydrogen) atoms. The van der Waals surface area contributed by atoms with E-state index < -0.39 is 0 Å². The number of aldehydes is 1. The van der Waals surface area contributed by atoms with E-state index in [1.807, 2.05) is 24.3 Å². The zero-order chi connectivity index (χ0) is 21.8. The molecule has 2 fully saturated rings. The standard InChI is InChI=1S/C24H29FN4O2/c1-27-12-14-29(15-13-27)23-7-4-20(16-22(23)25)26-24(31)19-8-10-28(11-9-19)21-5-2-18(17-30)3-6-21/h2-7,16-17,19H,8-15H2,1H3,(H,26,31). The molecule has 1 amide bonds. The fraction of sp³-hybridized carbons (Fsp3) is 0.417. The third-order valence-electron chi connectivity index (χ3n) is 6.32. The Balaban J connectivity index is 1.31. The fourth-order valence-corrected chi connectivity index (χ4v) is 4.30. The maximum absolute atomic E-state index is 14.7. The molecule has 2 aromatic carbocycles. The topological polar surface area (TPSA) is 55.9 Å². The van der Waals surface area contributed by atoms with Crippen molar-refractivity contribution in [2.24, 2.45) is 5.92 Å². The highest BCUT2D eigenvalue weighted by molar-refractivity contribution is 5.93. The van der Waals surface area contributed by atoms with Crippen LogP contribution in [-0.2, 0) is 4.79 Å². The number of hydrogen-bond donors (Lipinski definition) is 1. The van der Waals surface area contributed by atoms with E-state index in [-0.39, 0.29) is 17.6 Å². The number of rotatable bonds is 5. The summed E-state index contributed by atoms with van der Waals surface area (Å²) in [4.78, 5) is 30.0. The van der Waals surface area contributed by atoms with E-state index in [4.69, 9.17) is 0 Å². The van der Waals surface area contributed by atoms with Gasteiger partial charge in [-0.3, -0.25) is 9.59 Å². The first-order chi connectivity index (χ1) is 15.0. The van der Waals surface area contributed by atoms with Crippen LogP contribution in [-0.4, -0.2) is 63.4 Å². The van der Waals surface area contributed by atoms with Crippen LogP contribution in [0.3, 0.4) is 0 Å². The minimum atomic E-state index is -0.295. The maximum Gasteiger partial charge on any atom is 0.227 e. The maximum atomic E-state index is 14.7. The lowest BCUT2D eigenvalue weighted by Crippen LogP contribution is -2.44. The third kappa shape index (κ3) is 5.05. The number of amides is 1. The smallest absolute Gasteiger partial charge is 0.227 e. The molecule has 7 heteroatoms. The molecule has 164 valence electrons. The Morgan fingerprint density at radius 2 is 1.65 bits per heavy atom. The molecule has 1 N–H and O–H groups in total.